The van der Waals surface area contributed by atoms with Gasteiger partial charge in [0.2, 0.25) is 5.91 Å². The van der Waals surface area contributed by atoms with Crippen LogP contribution >= 0.6 is 7.82 Å². The Labute approximate surface area is 354 Å². The minimum atomic E-state index is -4.32. The van der Waals surface area contributed by atoms with Gasteiger partial charge in [-0.05, 0) is 38.5 Å². The zero-order chi connectivity index (χ0) is 42.1. The number of rotatable bonds is 44. The van der Waals surface area contributed by atoms with Crippen molar-refractivity contribution in [2.45, 2.75) is 238 Å². The van der Waals surface area contributed by atoms with Gasteiger partial charge in [-0.25, -0.2) is 4.57 Å². The van der Waals surface area contributed by atoms with Gasteiger partial charge in [0.25, 0.3) is 0 Å². The average molecular weight is 828 g/mol. The largest absolute Gasteiger partial charge is 0.472 e. The number of hydrogen-bond donors (Lipinski definition) is 3. The molecule has 0 aliphatic rings. The fourth-order valence-electron chi connectivity index (χ4n) is 7.08. The van der Waals surface area contributed by atoms with Crippen LogP contribution in [0, 0.1) is 0 Å². The predicted octanol–water partition coefficient (Wildman–Crippen LogP) is 13.7. The van der Waals surface area contributed by atoms with E-state index >= 15 is 0 Å². The number of unbranched alkanes of at least 4 members (excludes halogenated alkanes) is 27. The number of phosphoric ester groups is 1. The number of amides is 1. The van der Waals surface area contributed by atoms with Crippen LogP contribution in [-0.4, -0.2) is 73.4 Å². The van der Waals surface area contributed by atoms with E-state index in [0.717, 1.165) is 70.6 Å². The maximum Gasteiger partial charge on any atom is 0.472 e. The Morgan fingerprint density at radius 1 is 0.596 bits per heavy atom. The summed E-state index contributed by atoms with van der Waals surface area (Å²) in [6.45, 7) is 4.82. The molecule has 0 aliphatic heterocycles. The number of aliphatic hydroxyl groups excluding tert-OH is 1. The summed E-state index contributed by atoms with van der Waals surface area (Å²) in [4.78, 5) is 23.2. The van der Waals surface area contributed by atoms with Crippen molar-refractivity contribution in [2.75, 3.05) is 40.9 Å². The molecule has 0 rings (SSSR count). The van der Waals surface area contributed by atoms with Gasteiger partial charge >= 0.3 is 7.82 Å². The second-order valence-corrected chi connectivity index (χ2v) is 19.3. The van der Waals surface area contributed by atoms with Crippen molar-refractivity contribution in [1.29, 1.82) is 0 Å². The van der Waals surface area contributed by atoms with Gasteiger partial charge in [0.1, 0.15) is 13.2 Å². The second kappa shape index (κ2) is 40.4. The van der Waals surface area contributed by atoms with E-state index in [9.17, 15) is 19.4 Å². The molecule has 0 aromatic carbocycles. The number of likely N-dealkylation sites (N-methyl/N-ethyl adjacent to an activating group) is 1. The van der Waals surface area contributed by atoms with Crippen LogP contribution in [0.3, 0.4) is 0 Å². The van der Waals surface area contributed by atoms with Crippen molar-refractivity contribution in [2.24, 2.45) is 0 Å². The highest BCUT2D eigenvalue weighted by Gasteiger charge is 2.28. The van der Waals surface area contributed by atoms with Gasteiger partial charge < -0.3 is 19.8 Å². The standard InChI is InChI=1S/C48H95N2O6P/c1-6-8-10-12-14-16-18-20-21-22-23-24-25-26-27-28-30-31-33-35-37-39-41-47(51)46(45-56-57(53,54)55-44-43-50(3,4)5)49-48(52)42-40-38-36-34-32-29-19-17-15-13-11-9-7-2/h11,13,17,19,46-47,51H,6-10,12,14-16,18,20-45H2,1-5H3,(H-,49,52,53,54)/p+1/b13-11-,19-17-. The number of hydrogen-bond acceptors (Lipinski definition) is 5. The SMILES string of the molecule is CCC/C=C\C/C=C\CCCCCCCC(=O)NC(COP(=O)(O)OCC[N+](C)(C)C)C(O)CCCCCCCCCCCCCCCCCCCCCCCC. The first kappa shape index (κ1) is 56.0. The molecule has 0 saturated heterocycles. The first-order valence-electron chi connectivity index (χ1n) is 24.2. The average Bonchev–Trinajstić information content (AvgIpc) is 3.16. The van der Waals surface area contributed by atoms with E-state index in [1.54, 1.807) is 0 Å². The zero-order valence-corrected chi connectivity index (χ0v) is 39.2. The smallest absolute Gasteiger partial charge is 0.391 e. The fourth-order valence-corrected chi connectivity index (χ4v) is 7.82. The van der Waals surface area contributed by atoms with E-state index in [-0.39, 0.29) is 19.1 Å². The zero-order valence-electron chi connectivity index (χ0n) is 38.3. The number of phosphoric acid groups is 1. The van der Waals surface area contributed by atoms with Crippen molar-refractivity contribution >= 4 is 13.7 Å². The lowest BCUT2D eigenvalue weighted by atomic mass is 10.0. The summed E-state index contributed by atoms with van der Waals surface area (Å²) >= 11 is 0. The summed E-state index contributed by atoms with van der Waals surface area (Å²) in [5, 5.41) is 14.0. The minimum Gasteiger partial charge on any atom is -0.391 e. The molecule has 338 valence electrons. The van der Waals surface area contributed by atoms with Crippen LogP contribution in [0.15, 0.2) is 24.3 Å². The molecule has 0 aliphatic carbocycles. The minimum absolute atomic E-state index is 0.0724. The molecule has 3 atom stereocenters. The van der Waals surface area contributed by atoms with Gasteiger partial charge in [-0.3, -0.25) is 13.8 Å². The molecule has 8 nitrogen and oxygen atoms in total. The summed E-state index contributed by atoms with van der Waals surface area (Å²) < 4.78 is 23.7. The van der Waals surface area contributed by atoms with Gasteiger partial charge in [0.05, 0.1) is 39.9 Å². The Morgan fingerprint density at radius 3 is 1.51 bits per heavy atom. The second-order valence-electron chi connectivity index (χ2n) is 17.8. The van der Waals surface area contributed by atoms with Crippen LogP contribution < -0.4 is 5.32 Å². The monoisotopic (exact) mass is 828 g/mol. The third kappa shape index (κ3) is 42.9. The topological polar surface area (TPSA) is 105 Å². The molecule has 0 fully saturated rings. The molecule has 3 N–H and O–H groups in total. The molecule has 3 unspecified atom stereocenters. The number of carbonyl (C=O) groups is 1. The molecule has 0 bridgehead atoms. The first-order chi connectivity index (χ1) is 27.5. The van der Waals surface area contributed by atoms with Crippen molar-refractivity contribution in [1.82, 2.24) is 5.32 Å². The first-order valence-corrected chi connectivity index (χ1v) is 25.7. The molecule has 57 heavy (non-hydrogen) atoms. The van der Waals surface area contributed by atoms with Crippen LogP contribution in [-0.2, 0) is 18.4 Å². The number of carbonyl (C=O) groups excluding carboxylic acids is 1. The summed E-state index contributed by atoms with van der Waals surface area (Å²) in [6, 6.07) is -0.765. The third-order valence-corrected chi connectivity index (χ3v) is 11.9. The van der Waals surface area contributed by atoms with Crippen molar-refractivity contribution in [3.8, 4) is 0 Å². The van der Waals surface area contributed by atoms with Crippen LogP contribution in [0.4, 0.5) is 0 Å². The molecule has 0 aromatic heterocycles. The van der Waals surface area contributed by atoms with E-state index in [1.807, 2.05) is 21.1 Å². The van der Waals surface area contributed by atoms with E-state index in [0.29, 0.717) is 23.9 Å². The van der Waals surface area contributed by atoms with E-state index in [4.69, 9.17) is 9.05 Å². The number of nitrogens with zero attached hydrogens (tertiary/aromatic N) is 1. The summed E-state index contributed by atoms with van der Waals surface area (Å²) in [5.74, 6) is -0.158. The molecule has 9 heteroatoms. The molecular weight excluding hydrogens is 732 g/mol. The molecule has 0 radical (unpaired) electrons. The fraction of sp³-hybridized carbons (Fsp3) is 0.896. The van der Waals surface area contributed by atoms with E-state index in [1.165, 1.54) is 128 Å². The lowest BCUT2D eigenvalue weighted by Crippen LogP contribution is -2.46. The Morgan fingerprint density at radius 2 is 1.04 bits per heavy atom. The Balaban J connectivity index is 4.24. The lowest BCUT2D eigenvalue weighted by molar-refractivity contribution is -0.870. The predicted molar refractivity (Wildman–Crippen MR) is 245 cm³/mol. The maximum absolute atomic E-state index is 12.9. The van der Waals surface area contributed by atoms with Crippen molar-refractivity contribution in [3.63, 3.8) is 0 Å². The number of nitrogens with one attached hydrogen (secondary N) is 1. The van der Waals surface area contributed by atoms with Crippen molar-refractivity contribution < 1.29 is 32.9 Å². The van der Waals surface area contributed by atoms with Gasteiger partial charge in [0.15, 0.2) is 0 Å². The maximum atomic E-state index is 12.9. The molecular formula is C48H96N2O6P+. The highest BCUT2D eigenvalue weighted by Crippen LogP contribution is 2.43. The number of allylic oxidation sites excluding steroid dienone is 4. The summed E-state index contributed by atoms with van der Waals surface area (Å²) in [7, 11) is 1.61. The summed E-state index contributed by atoms with van der Waals surface area (Å²) in [5.41, 5.74) is 0. The van der Waals surface area contributed by atoms with Crippen molar-refractivity contribution in [3.05, 3.63) is 24.3 Å². The van der Waals surface area contributed by atoms with Crippen LogP contribution in [0.5, 0.6) is 0 Å². The molecule has 0 heterocycles. The van der Waals surface area contributed by atoms with Gasteiger partial charge in [0, 0.05) is 6.42 Å². The number of quaternary nitrogens is 1. The molecule has 0 aromatic rings. The van der Waals surface area contributed by atoms with Gasteiger partial charge in [-0.15, -0.1) is 0 Å². The van der Waals surface area contributed by atoms with E-state index < -0.39 is 20.0 Å². The van der Waals surface area contributed by atoms with Crippen LogP contribution in [0.25, 0.3) is 0 Å². The van der Waals surface area contributed by atoms with Crippen LogP contribution in [0.1, 0.15) is 226 Å². The molecule has 0 saturated carbocycles. The molecule has 0 spiro atoms. The Bertz CT molecular complexity index is 984. The third-order valence-electron chi connectivity index (χ3n) is 10.9. The van der Waals surface area contributed by atoms with Gasteiger partial charge in [-0.2, -0.15) is 0 Å². The molecule has 1 amide bonds. The van der Waals surface area contributed by atoms with E-state index in [2.05, 4.69) is 43.5 Å². The lowest BCUT2D eigenvalue weighted by Gasteiger charge is -2.26. The Kier molecular flexibility index (Phi) is 39.7. The Hall–Kier alpha value is -1.02. The highest BCUT2D eigenvalue weighted by molar-refractivity contribution is 7.47. The quantitative estimate of drug-likeness (QED) is 0.0244. The normalized spacial score (nSPS) is 14.4. The highest BCUT2D eigenvalue weighted by atomic mass is 31.2. The summed E-state index contributed by atoms with van der Waals surface area (Å²) in [6.07, 6.45) is 47.8. The number of aliphatic hydroxyl groups is 1. The van der Waals surface area contributed by atoms with Crippen LogP contribution in [0.2, 0.25) is 0 Å². The van der Waals surface area contributed by atoms with Gasteiger partial charge in [-0.1, -0.05) is 205 Å².